The van der Waals surface area contributed by atoms with Gasteiger partial charge >= 0.3 is 6.03 Å². The number of nitrogens with zero attached hydrogens (tertiary/aromatic N) is 3. The highest BCUT2D eigenvalue weighted by Crippen LogP contribution is 2.23. The first-order valence-electron chi connectivity index (χ1n) is 8.02. The number of aromatic nitrogens is 2. The van der Waals surface area contributed by atoms with Crippen LogP contribution < -0.4 is 16.0 Å². The molecule has 1 heterocycles. The quantitative estimate of drug-likeness (QED) is 0.710. The fraction of sp³-hybridized carbons (Fsp3) is 0.105. The van der Waals surface area contributed by atoms with E-state index in [0.29, 0.717) is 17.2 Å². The van der Waals surface area contributed by atoms with Gasteiger partial charge in [-0.1, -0.05) is 36.4 Å². The maximum Gasteiger partial charge on any atom is 0.334 e. The van der Waals surface area contributed by atoms with Gasteiger partial charge in [-0.15, -0.1) is 0 Å². The number of carbonyl (C=O) groups excluding carboxylic acids is 2. The van der Waals surface area contributed by atoms with E-state index in [1.807, 2.05) is 30.3 Å². The van der Waals surface area contributed by atoms with Crippen molar-refractivity contribution in [2.45, 2.75) is 6.92 Å². The molecule has 0 bridgehead atoms. The molecule has 7 heteroatoms. The molecule has 0 saturated heterocycles. The fourth-order valence-electron chi connectivity index (χ4n) is 2.68. The summed E-state index contributed by atoms with van der Waals surface area (Å²) in [5, 5.41) is 6.97. The van der Waals surface area contributed by atoms with Gasteiger partial charge in [-0.25, -0.2) is 9.69 Å². The number of amides is 3. The lowest BCUT2D eigenvalue weighted by atomic mass is 10.1. The van der Waals surface area contributed by atoms with Crippen LogP contribution >= 0.6 is 0 Å². The lowest BCUT2D eigenvalue weighted by molar-refractivity contribution is -0.115. The normalized spacial score (nSPS) is 10.4. The molecule has 0 aliphatic heterocycles. The summed E-state index contributed by atoms with van der Waals surface area (Å²) < 4.78 is 1.67. The molecule has 0 radical (unpaired) electrons. The average molecular weight is 349 g/mol. The minimum Gasteiger partial charge on any atom is -0.399 e. The van der Waals surface area contributed by atoms with Gasteiger partial charge in [0.05, 0.1) is 11.4 Å². The van der Waals surface area contributed by atoms with Crippen LogP contribution in [0.5, 0.6) is 0 Å². The summed E-state index contributed by atoms with van der Waals surface area (Å²) in [6, 6.07) is 17.4. The topological polar surface area (TPSA) is 93.2 Å². The molecule has 2 aromatic carbocycles. The largest absolute Gasteiger partial charge is 0.399 e. The van der Waals surface area contributed by atoms with Gasteiger partial charge in [0, 0.05) is 25.7 Å². The average Bonchev–Trinajstić information content (AvgIpc) is 2.95. The van der Waals surface area contributed by atoms with Crippen molar-refractivity contribution in [1.82, 2.24) is 9.78 Å². The second-order valence-corrected chi connectivity index (χ2v) is 5.78. The van der Waals surface area contributed by atoms with Crippen LogP contribution in [0.15, 0.2) is 60.7 Å². The predicted octanol–water partition coefficient (Wildman–Crippen LogP) is 3.25. The number of hydrogen-bond donors (Lipinski definition) is 2. The molecule has 0 saturated carbocycles. The minimum atomic E-state index is -0.596. The van der Waals surface area contributed by atoms with Crippen molar-refractivity contribution in [2.75, 3.05) is 16.0 Å². The van der Waals surface area contributed by atoms with Crippen molar-refractivity contribution in [1.29, 1.82) is 0 Å². The van der Waals surface area contributed by atoms with Crippen molar-refractivity contribution in [2.24, 2.45) is 7.05 Å². The van der Waals surface area contributed by atoms with E-state index in [9.17, 15) is 9.59 Å². The van der Waals surface area contributed by atoms with E-state index in [1.165, 1.54) is 6.92 Å². The van der Waals surface area contributed by atoms with Crippen molar-refractivity contribution < 1.29 is 9.59 Å². The molecule has 0 spiro atoms. The van der Waals surface area contributed by atoms with Crippen LogP contribution in [0.4, 0.5) is 22.0 Å². The van der Waals surface area contributed by atoms with Gasteiger partial charge in [0.2, 0.25) is 5.91 Å². The first-order valence-corrected chi connectivity index (χ1v) is 8.02. The molecule has 1 aromatic heterocycles. The Morgan fingerprint density at radius 3 is 2.46 bits per heavy atom. The maximum absolute atomic E-state index is 12.6. The number of nitrogens with two attached hydrogens (primary N) is 1. The number of hydrogen-bond acceptors (Lipinski definition) is 4. The van der Waals surface area contributed by atoms with Crippen LogP contribution in [0.1, 0.15) is 6.92 Å². The lowest BCUT2D eigenvalue weighted by Gasteiger charge is -2.19. The van der Waals surface area contributed by atoms with Crippen LogP contribution in [0, 0.1) is 0 Å². The number of urea groups is 1. The summed E-state index contributed by atoms with van der Waals surface area (Å²) >= 11 is 0. The molecule has 0 fully saturated rings. The third-order valence-corrected chi connectivity index (χ3v) is 3.83. The van der Waals surface area contributed by atoms with Crippen molar-refractivity contribution in [3.63, 3.8) is 0 Å². The van der Waals surface area contributed by atoms with Gasteiger partial charge in [-0.3, -0.25) is 14.8 Å². The summed E-state index contributed by atoms with van der Waals surface area (Å²) in [7, 11) is 1.79. The summed E-state index contributed by atoms with van der Waals surface area (Å²) in [5.74, 6) is -0.0705. The fourth-order valence-corrected chi connectivity index (χ4v) is 2.68. The van der Waals surface area contributed by atoms with E-state index in [-0.39, 0.29) is 0 Å². The highest BCUT2D eigenvalue weighted by molar-refractivity contribution is 6.17. The van der Waals surface area contributed by atoms with Crippen LogP contribution in [0.2, 0.25) is 0 Å². The second-order valence-electron chi connectivity index (χ2n) is 5.78. The molecule has 0 aliphatic carbocycles. The Hall–Kier alpha value is -3.61. The van der Waals surface area contributed by atoms with Crippen molar-refractivity contribution >= 4 is 29.1 Å². The van der Waals surface area contributed by atoms with Crippen molar-refractivity contribution in [3.05, 3.63) is 60.7 Å². The van der Waals surface area contributed by atoms with E-state index >= 15 is 0 Å². The first-order chi connectivity index (χ1) is 12.5. The standard InChI is InChI=1S/C19H19N5O2/c1-13(25)24(16-10-6-9-15(20)11-16)19(26)21-18-12-17(23(2)22-18)14-7-4-3-5-8-14/h3-12H,20H2,1-2H3,(H,21,22,26). The summed E-state index contributed by atoms with van der Waals surface area (Å²) in [4.78, 5) is 25.6. The Morgan fingerprint density at radius 1 is 1.08 bits per heavy atom. The number of rotatable bonds is 3. The second kappa shape index (κ2) is 7.10. The number of anilines is 3. The monoisotopic (exact) mass is 349 g/mol. The third kappa shape index (κ3) is 3.56. The Kier molecular flexibility index (Phi) is 4.70. The lowest BCUT2D eigenvalue weighted by Crippen LogP contribution is -2.38. The van der Waals surface area contributed by atoms with Gasteiger partial charge in [0.25, 0.3) is 0 Å². The van der Waals surface area contributed by atoms with Crippen LogP contribution in [0.3, 0.4) is 0 Å². The molecule has 0 atom stereocenters. The molecule has 3 amide bonds. The van der Waals surface area contributed by atoms with E-state index in [1.54, 1.807) is 42.1 Å². The minimum absolute atomic E-state index is 0.353. The number of nitrogen functional groups attached to an aromatic ring is 1. The van der Waals surface area contributed by atoms with Gasteiger partial charge in [-0.05, 0) is 23.8 Å². The van der Waals surface area contributed by atoms with Crippen LogP contribution in [-0.2, 0) is 11.8 Å². The summed E-state index contributed by atoms with van der Waals surface area (Å²) in [5.41, 5.74) is 8.43. The maximum atomic E-state index is 12.6. The van der Waals surface area contributed by atoms with Crippen LogP contribution in [-0.4, -0.2) is 21.7 Å². The van der Waals surface area contributed by atoms with E-state index in [0.717, 1.165) is 16.2 Å². The molecule has 0 unspecified atom stereocenters. The highest BCUT2D eigenvalue weighted by Gasteiger charge is 2.21. The molecular weight excluding hydrogens is 330 g/mol. The number of carbonyl (C=O) groups is 2. The van der Waals surface area contributed by atoms with Gasteiger partial charge in [0.1, 0.15) is 0 Å². The first kappa shape index (κ1) is 17.2. The van der Waals surface area contributed by atoms with Gasteiger partial charge in [-0.2, -0.15) is 5.10 Å². The summed E-state index contributed by atoms with van der Waals surface area (Å²) in [6.45, 7) is 1.32. The Balaban J connectivity index is 1.86. The van der Waals surface area contributed by atoms with Gasteiger partial charge < -0.3 is 5.73 Å². The molecule has 0 aliphatic rings. The Bertz CT molecular complexity index is 950. The molecule has 3 N–H and O–H groups in total. The molecule has 26 heavy (non-hydrogen) atoms. The zero-order chi connectivity index (χ0) is 18.7. The third-order valence-electron chi connectivity index (χ3n) is 3.83. The predicted molar refractivity (Wildman–Crippen MR) is 102 cm³/mol. The molecule has 7 nitrogen and oxygen atoms in total. The van der Waals surface area contributed by atoms with E-state index in [4.69, 9.17) is 5.73 Å². The van der Waals surface area contributed by atoms with E-state index < -0.39 is 11.9 Å². The zero-order valence-corrected chi connectivity index (χ0v) is 14.5. The molecular formula is C19H19N5O2. The number of aryl methyl sites for hydroxylation is 1. The van der Waals surface area contributed by atoms with E-state index in [2.05, 4.69) is 10.4 Å². The van der Waals surface area contributed by atoms with Crippen LogP contribution in [0.25, 0.3) is 11.3 Å². The number of nitrogens with one attached hydrogen (secondary N) is 1. The Morgan fingerprint density at radius 2 is 1.81 bits per heavy atom. The molecule has 3 rings (SSSR count). The SMILES string of the molecule is CC(=O)N(C(=O)Nc1cc(-c2ccccc2)n(C)n1)c1cccc(N)c1. The molecule has 132 valence electrons. The highest BCUT2D eigenvalue weighted by atomic mass is 16.2. The smallest absolute Gasteiger partial charge is 0.334 e. The number of imide groups is 1. The molecule has 3 aromatic rings. The number of benzene rings is 2. The zero-order valence-electron chi connectivity index (χ0n) is 14.5. The van der Waals surface area contributed by atoms with Crippen molar-refractivity contribution in [3.8, 4) is 11.3 Å². The Labute approximate surface area is 151 Å². The summed E-state index contributed by atoms with van der Waals surface area (Å²) in [6.07, 6.45) is 0. The van der Waals surface area contributed by atoms with Gasteiger partial charge in [0.15, 0.2) is 5.82 Å².